The van der Waals surface area contributed by atoms with Crippen LogP contribution in [0.5, 0.6) is 0 Å². The first-order chi connectivity index (χ1) is 7.58. The Bertz CT molecular complexity index is 357. The predicted molar refractivity (Wildman–Crippen MR) is 66.4 cm³/mol. The Labute approximate surface area is 97.8 Å². The molecule has 1 rings (SSSR count). The Morgan fingerprint density at radius 2 is 2.25 bits per heavy atom. The molecule has 0 spiro atoms. The second kappa shape index (κ2) is 5.30. The van der Waals surface area contributed by atoms with Gasteiger partial charge in [-0.05, 0) is 19.4 Å². The van der Waals surface area contributed by atoms with E-state index in [4.69, 9.17) is 0 Å². The molecule has 0 aromatic carbocycles. The summed E-state index contributed by atoms with van der Waals surface area (Å²) >= 11 is 0. The standard InChI is InChI=1S/C13H22N2O/c1-5-11-8-12(15(7-3)14-11)9-13(4,6-2)10-16/h6,8,16H,2,5,7,9-10H2,1,3-4H3. The van der Waals surface area contributed by atoms with Crippen molar-refractivity contribution >= 4 is 0 Å². The third kappa shape index (κ3) is 2.73. The van der Waals surface area contributed by atoms with Gasteiger partial charge in [0.25, 0.3) is 0 Å². The highest BCUT2D eigenvalue weighted by Gasteiger charge is 2.22. The molecule has 0 aliphatic heterocycles. The van der Waals surface area contributed by atoms with Gasteiger partial charge in [-0.1, -0.05) is 19.9 Å². The molecule has 0 radical (unpaired) electrons. The number of rotatable bonds is 6. The van der Waals surface area contributed by atoms with Gasteiger partial charge in [0, 0.05) is 24.1 Å². The van der Waals surface area contributed by atoms with Gasteiger partial charge in [0.15, 0.2) is 0 Å². The summed E-state index contributed by atoms with van der Waals surface area (Å²) in [6.45, 7) is 11.0. The lowest BCUT2D eigenvalue weighted by Crippen LogP contribution is -2.23. The highest BCUT2D eigenvalue weighted by Crippen LogP contribution is 2.23. The fourth-order valence-corrected chi connectivity index (χ4v) is 1.71. The van der Waals surface area contributed by atoms with E-state index in [1.54, 1.807) is 0 Å². The maximum absolute atomic E-state index is 9.37. The van der Waals surface area contributed by atoms with Crippen molar-refractivity contribution in [2.24, 2.45) is 5.41 Å². The lowest BCUT2D eigenvalue weighted by molar-refractivity contribution is 0.182. The van der Waals surface area contributed by atoms with E-state index in [1.165, 1.54) is 5.69 Å². The molecule has 0 amide bonds. The fourth-order valence-electron chi connectivity index (χ4n) is 1.71. The Kier molecular flexibility index (Phi) is 4.30. The van der Waals surface area contributed by atoms with E-state index < -0.39 is 0 Å². The van der Waals surface area contributed by atoms with Gasteiger partial charge in [0.05, 0.1) is 12.3 Å². The summed E-state index contributed by atoms with van der Waals surface area (Å²) in [7, 11) is 0. The zero-order chi connectivity index (χ0) is 12.2. The van der Waals surface area contributed by atoms with E-state index in [0.717, 1.165) is 25.1 Å². The molecule has 0 bridgehead atoms. The SMILES string of the molecule is C=CC(C)(CO)Cc1cc(CC)nn1CC. The molecular formula is C13H22N2O. The number of hydrogen-bond acceptors (Lipinski definition) is 2. The normalized spacial score (nSPS) is 14.8. The molecule has 1 unspecified atom stereocenters. The molecule has 1 heterocycles. The van der Waals surface area contributed by atoms with Crippen molar-refractivity contribution in [2.75, 3.05) is 6.61 Å². The van der Waals surface area contributed by atoms with Crippen LogP contribution in [0.25, 0.3) is 0 Å². The first-order valence-corrected chi connectivity index (χ1v) is 5.88. The first-order valence-electron chi connectivity index (χ1n) is 5.88. The number of aliphatic hydroxyl groups excluding tert-OH is 1. The van der Waals surface area contributed by atoms with E-state index in [0.29, 0.717) is 0 Å². The first kappa shape index (κ1) is 13.0. The second-order valence-corrected chi connectivity index (χ2v) is 4.49. The quantitative estimate of drug-likeness (QED) is 0.749. The molecule has 0 fully saturated rings. The fraction of sp³-hybridized carbons (Fsp3) is 0.615. The summed E-state index contributed by atoms with van der Waals surface area (Å²) in [6, 6.07) is 2.13. The monoisotopic (exact) mass is 222 g/mol. The molecule has 3 nitrogen and oxygen atoms in total. The zero-order valence-corrected chi connectivity index (χ0v) is 10.5. The maximum Gasteiger partial charge on any atom is 0.0624 e. The summed E-state index contributed by atoms with van der Waals surface area (Å²) in [4.78, 5) is 0. The van der Waals surface area contributed by atoms with E-state index in [2.05, 4.69) is 31.6 Å². The molecule has 90 valence electrons. The zero-order valence-electron chi connectivity index (χ0n) is 10.5. The Hall–Kier alpha value is -1.09. The molecular weight excluding hydrogens is 200 g/mol. The van der Waals surface area contributed by atoms with Crippen LogP contribution in [0.4, 0.5) is 0 Å². The number of hydrogen-bond donors (Lipinski definition) is 1. The summed E-state index contributed by atoms with van der Waals surface area (Å²) < 4.78 is 2.01. The van der Waals surface area contributed by atoms with Crippen molar-refractivity contribution in [1.82, 2.24) is 9.78 Å². The third-order valence-corrected chi connectivity index (χ3v) is 3.01. The average Bonchev–Trinajstić information content (AvgIpc) is 2.71. The average molecular weight is 222 g/mol. The van der Waals surface area contributed by atoms with Crippen LogP contribution in [0, 0.1) is 5.41 Å². The minimum Gasteiger partial charge on any atom is -0.395 e. The summed E-state index contributed by atoms with van der Waals surface area (Å²) in [5.74, 6) is 0. The van der Waals surface area contributed by atoms with Crippen molar-refractivity contribution < 1.29 is 5.11 Å². The Morgan fingerprint density at radius 1 is 1.56 bits per heavy atom. The molecule has 0 aliphatic rings. The lowest BCUT2D eigenvalue weighted by Gasteiger charge is -2.22. The highest BCUT2D eigenvalue weighted by molar-refractivity contribution is 5.14. The van der Waals surface area contributed by atoms with Gasteiger partial charge in [-0.2, -0.15) is 5.10 Å². The molecule has 0 aliphatic carbocycles. The summed E-state index contributed by atoms with van der Waals surface area (Å²) in [6.07, 6.45) is 3.56. The Balaban J connectivity index is 2.94. The van der Waals surface area contributed by atoms with Crippen LogP contribution in [0.1, 0.15) is 32.2 Å². The minimum absolute atomic E-state index is 0.118. The molecule has 3 heteroatoms. The number of aryl methyl sites for hydroxylation is 2. The maximum atomic E-state index is 9.37. The van der Waals surface area contributed by atoms with Crippen LogP contribution < -0.4 is 0 Å². The van der Waals surface area contributed by atoms with Crippen LogP contribution in [-0.4, -0.2) is 21.5 Å². The van der Waals surface area contributed by atoms with Gasteiger partial charge in [0.2, 0.25) is 0 Å². The molecule has 1 atom stereocenters. The smallest absolute Gasteiger partial charge is 0.0624 e. The largest absolute Gasteiger partial charge is 0.395 e. The van der Waals surface area contributed by atoms with Crippen LogP contribution in [-0.2, 0) is 19.4 Å². The summed E-state index contributed by atoms with van der Waals surface area (Å²) in [5.41, 5.74) is 2.04. The number of nitrogens with zero attached hydrogens (tertiary/aromatic N) is 2. The topological polar surface area (TPSA) is 38.1 Å². The Morgan fingerprint density at radius 3 is 2.69 bits per heavy atom. The van der Waals surface area contributed by atoms with Crippen LogP contribution in [0.15, 0.2) is 18.7 Å². The van der Waals surface area contributed by atoms with Crippen molar-refractivity contribution in [3.05, 3.63) is 30.1 Å². The highest BCUT2D eigenvalue weighted by atomic mass is 16.3. The van der Waals surface area contributed by atoms with Gasteiger partial charge in [-0.3, -0.25) is 4.68 Å². The number of aromatic nitrogens is 2. The third-order valence-electron chi connectivity index (χ3n) is 3.01. The van der Waals surface area contributed by atoms with E-state index in [9.17, 15) is 5.11 Å². The number of aliphatic hydroxyl groups is 1. The van der Waals surface area contributed by atoms with Crippen LogP contribution in [0.2, 0.25) is 0 Å². The second-order valence-electron chi connectivity index (χ2n) is 4.49. The summed E-state index contributed by atoms with van der Waals surface area (Å²) in [5, 5.41) is 13.9. The van der Waals surface area contributed by atoms with Gasteiger partial charge < -0.3 is 5.11 Å². The van der Waals surface area contributed by atoms with E-state index in [1.807, 2.05) is 17.7 Å². The molecule has 0 saturated carbocycles. The van der Waals surface area contributed by atoms with Gasteiger partial charge in [-0.25, -0.2) is 0 Å². The van der Waals surface area contributed by atoms with Crippen LogP contribution >= 0.6 is 0 Å². The molecule has 1 aromatic rings. The molecule has 1 N–H and O–H groups in total. The lowest BCUT2D eigenvalue weighted by atomic mass is 9.86. The predicted octanol–water partition coefficient (Wildman–Crippen LogP) is 2.19. The van der Waals surface area contributed by atoms with E-state index in [-0.39, 0.29) is 12.0 Å². The van der Waals surface area contributed by atoms with E-state index >= 15 is 0 Å². The van der Waals surface area contributed by atoms with Crippen molar-refractivity contribution in [3.8, 4) is 0 Å². The molecule has 0 saturated heterocycles. The molecule has 1 aromatic heterocycles. The minimum atomic E-state index is -0.252. The molecule has 16 heavy (non-hydrogen) atoms. The van der Waals surface area contributed by atoms with Gasteiger partial charge in [-0.15, -0.1) is 6.58 Å². The van der Waals surface area contributed by atoms with Crippen molar-refractivity contribution in [2.45, 2.75) is 40.2 Å². The van der Waals surface area contributed by atoms with Gasteiger partial charge in [0.1, 0.15) is 0 Å². The van der Waals surface area contributed by atoms with Crippen molar-refractivity contribution in [3.63, 3.8) is 0 Å². The van der Waals surface area contributed by atoms with Gasteiger partial charge >= 0.3 is 0 Å². The van der Waals surface area contributed by atoms with Crippen molar-refractivity contribution in [1.29, 1.82) is 0 Å². The van der Waals surface area contributed by atoms with Crippen LogP contribution in [0.3, 0.4) is 0 Å².